The van der Waals surface area contributed by atoms with E-state index in [1.807, 2.05) is 37.3 Å². The van der Waals surface area contributed by atoms with Crippen LogP contribution in [-0.4, -0.2) is 33.2 Å². The summed E-state index contributed by atoms with van der Waals surface area (Å²) in [6.45, 7) is 2.42. The minimum Gasteiger partial charge on any atom is -0.467 e. The summed E-state index contributed by atoms with van der Waals surface area (Å²) in [5.74, 6) is 0.867. The number of carbonyl (C=O) groups excluding carboxylic acids is 1. The number of furan rings is 1. The molecule has 0 bridgehead atoms. The first-order valence-corrected chi connectivity index (χ1v) is 12.3. The average Bonchev–Trinajstić information content (AvgIpc) is 3.50. The molecule has 8 heteroatoms. The van der Waals surface area contributed by atoms with E-state index in [9.17, 15) is 9.59 Å². The van der Waals surface area contributed by atoms with E-state index in [0.717, 1.165) is 52.1 Å². The van der Waals surface area contributed by atoms with Gasteiger partial charge in [0.1, 0.15) is 10.6 Å². The van der Waals surface area contributed by atoms with Gasteiger partial charge in [-0.15, -0.1) is 11.3 Å². The first-order valence-electron chi connectivity index (χ1n) is 10.5. The van der Waals surface area contributed by atoms with E-state index in [0.29, 0.717) is 11.7 Å². The topological polar surface area (TPSA) is 68.3 Å². The van der Waals surface area contributed by atoms with E-state index in [4.69, 9.17) is 9.40 Å². The molecule has 1 amide bonds. The summed E-state index contributed by atoms with van der Waals surface area (Å²) in [5.41, 5.74) is 3.01. The number of benzene rings is 1. The number of nitrogens with zero attached hydrogens (tertiary/aromatic N) is 3. The Labute approximate surface area is 193 Å². The highest BCUT2D eigenvalue weighted by Crippen LogP contribution is 2.36. The second-order valence-electron chi connectivity index (χ2n) is 8.03. The molecule has 4 aromatic rings. The van der Waals surface area contributed by atoms with Gasteiger partial charge in [-0.25, -0.2) is 4.98 Å². The number of hydrogen-bond acceptors (Lipinski definition) is 6. The van der Waals surface area contributed by atoms with Crippen LogP contribution in [0.15, 0.2) is 57.0 Å². The maximum Gasteiger partial charge on any atom is 0.267 e. The molecule has 5 rings (SSSR count). The first-order chi connectivity index (χ1) is 15.5. The molecule has 0 unspecified atom stereocenters. The van der Waals surface area contributed by atoms with E-state index in [1.54, 1.807) is 40.2 Å². The van der Waals surface area contributed by atoms with Crippen molar-refractivity contribution < 1.29 is 9.21 Å². The predicted octanol–water partition coefficient (Wildman–Crippen LogP) is 4.59. The van der Waals surface area contributed by atoms with Gasteiger partial charge < -0.3 is 9.32 Å². The lowest BCUT2D eigenvalue weighted by atomic mass is 10.2. The number of aryl methyl sites for hydroxylation is 3. The predicted molar refractivity (Wildman–Crippen MR) is 128 cm³/mol. The molecule has 0 spiro atoms. The van der Waals surface area contributed by atoms with Crippen LogP contribution in [0.4, 0.5) is 0 Å². The quantitative estimate of drug-likeness (QED) is 0.308. The Morgan fingerprint density at radius 2 is 2.06 bits per heavy atom. The molecule has 0 radical (unpaired) electrons. The summed E-state index contributed by atoms with van der Waals surface area (Å²) in [6, 6.07) is 11.5. The summed E-state index contributed by atoms with van der Waals surface area (Å²) in [4.78, 5) is 34.9. The second-order valence-corrected chi connectivity index (χ2v) is 10.1. The van der Waals surface area contributed by atoms with Crippen LogP contribution in [0.25, 0.3) is 15.9 Å². The Morgan fingerprint density at radius 1 is 1.25 bits per heavy atom. The van der Waals surface area contributed by atoms with Gasteiger partial charge in [-0.3, -0.25) is 14.2 Å². The second kappa shape index (κ2) is 8.60. The molecule has 1 aliphatic carbocycles. The van der Waals surface area contributed by atoms with E-state index in [1.165, 1.54) is 16.6 Å². The van der Waals surface area contributed by atoms with E-state index in [2.05, 4.69) is 0 Å². The van der Waals surface area contributed by atoms with Crippen molar-refractivity contribution in [1.29, 1.82) is 0 Å². The lowest BCUT2D eigenvalue weighted by Gasteiger charge is -2.16. The number of aromatic nitrogens is 2. The molecule has 0 aliphatic heterocycles. The van der Waals surface area contributed by atoms with Crippen LogP contribution in [0.3, 0.4) is 0 Å². The lowest BCUT2D eigenvalue weighted by Crippen LogP contribution is -2.28. The van der Waals surface area contributed by atoms with Gasteiger partial charge >= 0.3 is 0 Å². The van der Waals surface area contributed by atoms with Gasteiger partial charge in [0.05, 0.1) is 29.6 Å². The van der Waals surface area contributed by atoms with Crippen molar-refractivity contribution in [1.82, 2.24) is 14.5 Å². The molecule has 3 heterocycles. The summed E-state index contributed by atoms with van der Waals surface area (Å²) in [5, 5.41) is 1.29. The molecule has 1 aromatic carbocycles. The van der Waals surface area contributed by atoms with Crippen molar-refractivity contribution in [2.45, 2.75) is 37.9 Å². The van der Waals surface area contributed by atoms with Crippen LogP contribution < -0.4 is 5.56 Å². The van der Waals surface area contributed by atoms with Crippen molar-refractivity contribution >= 4 is 39.2 Å². The lowest BCUT2D eigenvalue weighted by molar-refractivity contribution is -0.127. The fraction of sp³-hybridized carbons (Fsp3) is 0.292. The van der Waals surface area contributed by atoms with Crippen LogP contribution in [0.5, 0.6) is 0 Å². The van der Waals surface area contributed by atoms with Crippen molar-refractivity contribution in [3.63, 3.8) is 0 Å². The van der Waals surface area contributed by atoms with E-state index < -0.39 is 0 Å². The monoisotopic (exact) mass is 465 g/mol. The van der Waals surface area contributed by atoms with Crippen LogP contribution in [0.1, 0.15) is 28.2 Å². The summed E-state index contributed by atoms with van der Waals surface area (Å²) < 4.78 is 7.00. The zero-order valence-electron chi connectivity index (χ0n) is 18.0. The summed E-state index contributed by atoms with van der Waals surface area (Å²) >= 11 is 2.92. The molecule has 6 nitrogen and oxygen atoms in total. The summed E-state index contributed by atoms with van der Waals surface area (Å²) in [6.07, 6.45) is 4.63. The van der Waals surface area contributed by atoms with E-state index in [-0.39, 0.29) is 17.2 Å². The van der Waals surface area contributed by atoms with Crippen molar-refractivity contribution in [3.05, 3.63) is 74.8 Å². The number of fused-ring (bicyclic) bond motifs is 3. The number of amides is 1. The maximum atomic E-state index is 13.7. The summed E-state index contributed by atoms with van der Waals surface area (Å²) in [7, 11) is 1.75. The Morgan fingerprint density at radius 3 is 2.81 bits per heavy atom. The molecule has 0 fully saturated rings. The minimum atomic E-state index is -0.0510. The van der Waals surface area contributed by atoms with Crippen LogP contribution in [-0.2, 0) is 24.2 Å². The standard InChI is InChI=1S/C24H23N3O3S2/c1-15-8-10-16(11-9-15)27-23(29)21-18-6-3-7-19(18)32-22(21)25-24(27)31-14-20(28)26(2)13-17-5-4-12-30-17/h4-5,8-12H,3,6-7,13-14H2,1-2H3. The van der Waals surface area contributed by atoms with Gasteiger partial charge in [-0.05, 0) is 56.0 Å². The third-order valence-corrected chi connectivity index (χ3v) is 7.83. The van der Waals surface area contributed by atoms with Gasteiger partial charge in [-0.1, -0.05) is 29.5 Å². The fourth-order valence-corrected chi connectivity index (χ4v) is 6.26. The fourth-order valence-electron chi connectivity index (χ4n) is 4.00. The Kier molecular flexibility index (Phi) is 5.65. The largest absolute Gasteiger partial charge is 0.467 e. The van der Waals surface area contributed by atoms with Gasteiger partial charge in [0.2, 0.25) is 5.91 Å². The van der Waals surface area contributed by atoms with Crippen LogP contribution in [0, 0.1) is 6.92 Å². The van der Waals surface area contributed by atoms with Gasteiger partial charge in [-0.2, -0.15) is 0 Å². The zero-order chi connectivity index (χ0) is 22.2. The smallest absolute Gasteiger partial charge is 0.267 e. The number of thioether (sulfide) groups is 1. The molecule has 3 aromatic heterocycles. The molecular formula is C24H23N3O3S2. The zero-order valence-corrected chi connectivity index (χ0v) is 19.6. The van der Waals surface area contributed by atoms with Crippen molar-refractivity contribution in [3.8, 4) is 5.69 Å². The van der Waals surface area contributed by atoms with Gasteiger partial charge in [0.15, 0.2) is 5.16 Å². The van der Waals surface area contributed by atoms with Crippen LogP contribution >= 0.6 is 23.1 Å². The van der Waals surface area contributed by atoms with Gasteiger partial charge in [0, 0.05) is 11.9 Å². The molecular weight excluding hydrogens is 442 g/mol. The Hall–Kier alpha value is -2.84. The Bertz CT molecular complexity index is 1340. The third kappa shape index (κ3) is 3.89. The highest BCUT2D eigenvalue weighted by atomic mass is 32.2. The van der Waals surface area contributed by atoms with E-state index >= 15 is 0 Å². The van der Waals surface area contributed by atoms with Crippen LogP contribution in [0.2, 0.25) is 0 Å². The Balaban J connectivity index is 1.50. The molecule has 0 saturated heterocycles. The molecule has 0 atom stereocenters. The SMILES string of the molecule is Cc1ccc(-n2c(SCC(=O)N(C)Cc3ccco3)nc3sc4c(c3c2=O)CCC4)cc1. The highest BCUT2D eigenvalue weighted by molar-refractivity contribution is 7.99. The molecule has 32 heavy (non-hydrogen) atoms. The van der Waals surface area contributed by atoms with Gasteiger partial charge in [0.25, 0.3) is 5.56 Å². The number of carbonyl (C=O) groups is 1. The first kappa shape index (κ1) is 21.0. The normalized spacial score (nSPS) is 12.9. The molecule has 0 N–H and O–H groups in total. The minimum absolute atomic E-state index is 0.0443. The average molecular weight is 466 g/mol. The number of rotatable bonds is 6. The molecule has 0 saturated carbocycles. The number of thiophene rings is 1. The third-order valence-electron chi connectivity index (χ3n) is 5.72. The highest BCUT2D eigenvalue weighted by Gasteiger charge is 2.24. The number of hydrogen-bond donors (Lipinski definition) is 0. The molecule has 164 valence electrons. The molecule has 1 aliphatic rings. The van der Waals surface area contributed by atoms with Crippen molar-refractivity contribution in [2.24, 2.45) is 0 Å². The maximum absolute atomic E-state index is 13.7. The van der Waals surface area contributed by atoms with Crippen molar-refractivity contribution in [2.75, 3.05) is 12.8 Å².